The van der Waals surface area contributed by atoms with Crippen LogP contribution in [0.4, 0.5) is 11.4 Å². The van der Waals surface area contributed by atoms with Gasteiger partial charge in [-0.2, -0.15) is 0 Å². The molecule has 0 spiro atoms. The van der Waals surface area contributed by atoms with Crippen molar-refractivity contribution in [3.63, 3.8) is 0 Å². The molecule has 3 rings (SSSR count). The van der Waals surface area contributed by atoms with Crippen molar-refractivity contribution in [1.82, 2.24) is 5.16 Å². The number of ether oxygens (including phenoxy) is 1. The minimum Gasteiger partial charge on any atom is -0.382 e. The molecule has 6 heteroatoms. The van der Waals surface area contributed by atoms with Crippen LogP contribution in [0, 0.1) is 6.92 Å². The zero-order chi connectivity index (χ0) is 16.9. The molecule has 128 valence electrons. The third-order valence-electron chi connectivity index (χ3n) is 4.22. The summed E-state index contributed by atoms with van der Waals surface area (Å²) in [5.41, 5.74) is 2.94. The largest absolute Gasteiger partial charge is 0.382 e. The number of aromatic nitrogens is 1. The van der Waals surface area contributed by atoms with E-state index >= 15 is 0 Å². The van der Waals surface area contributed by atoms with Gasteiger partial charge in [0.05, 0.1) is 5.69 Å². The quantitative estimate of drug-likeness (QED) is 0.879. The molecule has 1 aromatic carbocycles. The van der Waals surface area contributed by atoms with Crippen LogP contribution in [-0.2, 0) is 11.2 Å². The van der Waals surface area contributed by atoms with Crippen LogP contribution >= 0.6 is 0 Å². The molecular formula is C18H23N3O3. The summed E-state index contributed by atoms with van der Waals surface area (Å²) in [4.78, 5) is 12.4. The molecule has 0 atom stereocenters. The van der Waals surface area contributed by atoms with Crippen LogP contribution in [0.1, 0.15) is 41.6 Å². The number of rotatable bonds is 5. The summed E-state index contributed by atoms with van der Waals surface area (Å²) >= 11 is 0. The Kier molecular flexibility index (Phi) is 5.15. The van der Waals surface area contributed by atoms with Crippen LogP contribution in [0.15, 0.2) is 28.8 Å². The van der Waals surface area contributed by atoms with Crippen LogP contribution in [0.5, 0.6) is 0 Å². The predicted molar refractivity (Wildman–Crippen MR) is 92.5 cm³/mol. The number of hydrogen-bond donors (Lipinski definition) is 2. The molecule has 0 saturated carbocycles. The smallest absolute Gasteiger partial charge is 0.261 e. The topological polar surface area (TPSA) is 76.4 Å². The highest BCUT2D eigenvalue weighted by molar-refractivity contribution is 6.05. The van der Waals surface area contributed by atoms with Gasteiger partial charge in [0.2, 0.25) is 0 Å². The number of nitrogens with zero attached hydrogens (tertiary/aromatic N) is 1. The number of benzene rings is 1. The molecule has 0 radical (unpaired) electrons. The Morgan fingerprint density at radius 3 is 2.54 bits per heavy atom. The highest BCUT2D eigenvalue weighted by Gasteiger charge is 2.19. The van der Waals surface area contributed by atoms with Crippen LogP contribution in [0.25, 0.3) is 0 Å². The van der Waals surface area contributed by atoms with Crippen molar-refractivity contribution in [2.24, 2.45) is 0 Å². The van der Waals surface area contributed by atoms with Gasteiger partial charge in [-0.25, -0.2) is 0 Å². The standard InChI is InChI=1S/C18H23N3O3/c1-3-16-17(12(2)21-24-16)18(22)20-14-6-4-13(5-7-14)19-15-8-10-23-11-9-15/h4-7,15,19H,3,8-11H2,1-2H3,(H,20,22). The molecule has 1 fully saturated rings. The first-order valence-electron chi connectivity index (χ1n) is 8.38. The maximum absolute atomic E-state index is 12.4. The third-order valence-corrected chi connectivity index (χ3v) is 4.22. The lowest BCUT2D eigenvalue weighted by molar-refractivity contribution is 0.0904. The summed E-state index contributed by atoms with van der Waals surface area (Å²) in [6.45, 7) is 5.33. The zero-order valence-electron chi connectivity index (χ0n) is 14.1. The molecule has 1 aliphatic heterocycles. The first-order chi connectivity index (χ1) is 11.7. The minimum atomic E-state index is -0.185. The van der Waals surface area contributed by atoms with E-state index in [1.165, 1.54) is 0 Å². The fourth-order valence-electron chi connectivity index (χ4n) is 2.87. The van der Waals surface area contributed by atoms with E-state index in [1.807, 2.05) is 31.2 Å². The summed E-state index contributed by atoms with van der Waals surface area (Å²) in [6, 6.07) is 8.20. The van der Waals surface area contributed by atoms with Gasteiger partial charge in [0.25, 0.3) is 5.91 Å². The van der Waals surface area contributed by atoms with Gasteiger partial charge in [0.15, 0.2) is 0 Å². The maximum atomic E-state index is 12.4. The van der Waals surface area contributed by atoms with Gasteiger partial charge >= 0.3 is 0 Å². The Hall–Kier alpha value is -2.34. The van der Waals surface area contributed by atoms with Crippen molar-refractivity contribution >= 4 is 17.3 Å². The van der Waals surface area contributed by atoms with E-state index < -0.39 is 0 Å². The monoisotopic (exact) mass is 329 g/mol. The van der Waals surface area contributed by atoms with Crippen LogP contribution in [0.3, 0.4) is 0 Å². The van der Waals surface area contributed by atoms with Crippen molar-refractivity contribution in [3.8, 4) is 0 Å². The molecule has 2 aromatic rings. The van der Waals surface area contributed by atoms with Crippen molar-refractivity contribution in [1.29, 1.82) is 0 Å². The summed E-state index contributed by atoms with van der Waals surface area (Å²) in [6.07, 6.45) is 2.67. The van der Waals surface area contributed by atoms with Gasteiger partial charge in [-0.05, 0) is 44.0 Å². The number of aryl methyl sites for hydroxylation is 2. The molecule has 6 nitrogen and oxygen atoms in total. The van der Waals surface area contributed by atoms with E-state index in [2.05, 4.69) is 15.8 Å². The molecular weight excluding hydrogens is 306 g/mol. The van der Waals surface area contributed by atoms with E-state index in [4.69, 9.17) is 9.26 Å². The predicted octanol–water partition coefficient (Wildman–Crippen LogP) is 3.39. The summed E-state index contributed by atoms with van der Waals surface area (Å²) in [5, 5.41) is 10.3. The lowest BCUT2D eigenvalue weighted by Crippen LogP contribution is -2.27. The SMILES string of the molecule is CCc1onc(C)c1C(=O)Nc1ccc(NC2CCOCC2)cc1. The fraction of sp³-hybridized carbons (Fsp3) is 0.444. The molecule has 0 unspecified atom stereocenters. The van der Waals surface area contributed by atoms with E-state index in [9.17, 15) is 4.79 Å². The number of carbonyl (C=O) groups is 1. The number of hydrogen-bond acceptors (Lipinski definition) is 5. The second-order valence-corrected chi connectivity index (χ2v) is 5.98. The van der Waals surface area contributed by atoms with Gasteiger partial charge < -0.3 is 19.9 Å². The summed E-state index contributed by atoms with van der Waals surface area (Å²) < 4.78 is 10.5. The normalized spacial score (nSPS) is 15.2. The average molecular weight is 329 g/mol. The Morgan fingerprint density at radius 2 is 1.88 bits per heavy atom. The maximum Gasteiger partial charge on any atom is 0.261 e. The second kappa shape index (κ2) is 7.49. The molecule has 1 aliphatic rings. The minimum absolute atomic E-state index is 0.185. The number of amides is 1. The molecule has 24 heavy (non-hydrogen) atoms. The average Bonchev–Trinajstić information content (AvgIpc) is 2.98. The fourth-order valence-corrected chi connectivity index (χ4v) is 2.87. The van der Waals surface area contributed by atoms with Crippen molar-refractivity contribution in [2.75, 3.05) is 23.8 Å². The zero-order valence-corrected chi connectivity index (χ0v) is 14.1. The highest BCUT2D eigenvalue weighted by Crippen LogP contribution is 2.20. The van der Waals surface area contributed by atoms with E-state index in [0.717, 1.165) is 37.4 Å². The van der Waals surface area contributed by atoms with Crippen molar-refractivity contribution in [3.05, 3.63) is 41.3 Å². The third kappa shape index (κ3) is 3.76. The van der Waals surface area contributed by atoms with Gasteiger partial charge in [0, 0.05) is 37.1 Å². The lowest BCUT2D eigenvalue weighted by atomic mass is 10.1. The second-order valence-electron chi connectivity index (χ2n) is 5.98. The molecule has 1 amide bonds. The van der Waals surface area contributed by atoms with Gasteiger partial charge in [-0.15, -0.1) is 0 Å². The van der Waals surface area contributed by atoms with Crippen molar-refractivity contribution < 1.29 is 14.1 Å². The highest BCUT2D eigenvalue weighted by atomic mass is 16.5. The van der Waals surface area contributed by atoms with E-state index in [1.54, 1.807) is 6.92 Å². The Labute approximate surface area is 141 Å². The van der Waals surface area contributed by atoms with E-state index in [-0.39, 0.29) is 5.91 Å². The first-order valence-corrected chi connectivity index (χ1v) is 8.38. The lowest BCUT2D eigenvalue weighted by Gasteiger charge is -2.24. The summed E-state index contributed by atoms with van der Waals surface area (Å²) in [5.74, 6) is 0.429. The van der Waals surface area contributed by atoms with Gasteiger partial charge in [-0.3, -0.25) is 4.79 Å². The van der Waals surface area contributed by atoms with E-state index in [0.29, 0.717) is 29.5 Å². The van der Waals surface area contributed by atoms with Crippen LogP contribution < -0.4 is 10.6 Å². The number of anilines is 2. The van der Waals surface area contributed by atoms with Crippen LogP contribution in [-0.4, -0.2) is 30.3 Å². The Bertz CT molecular complexity index is 688. The molecule has 0 aliphatic carbocycles. The molecule has 2 N–H and O–H groups in total. The Balaban J connectivity index is 1.63. The van der Waals surface area contributed by atoms with Gasteiger partial charge in [-0.1, -0.05) is 12.1 Å². The molecule has 2 heterocycles. The number of nitrogens with one attached hydrogen (secondary N) is 2. The number of carbonyl (C=O) groups excluding carboxylic acids is 1. The first kappa shape index (κ1) is 16.5. The van der Waals surface area contributed by atoms with Crippen LogP contribution in [0.2, 0.25) is 0 Å². The van der Waals surface area contributed by atoms with Gasteiger partial charge in [0.1, 0.15) is 11.3 Å². The molecule has 1 aromatic heterocycles. The summed E-state index contributed by atoms with van der Waals surface area (Å²) in [7, 11) is 0. The molecule has 1 saturated heterocycles. The Morgan fingerprint density at radius 1 is 1.21 bits per heavy atom. The van der Waals surface area contributed by atoms with Crippen molar-refractivity contribution in [2.45, 2.75) is 39.2 Å². The molecule has 0 bridgehead atoms.